The van der Waals surface area contributed by atoms with Crippen LogP contribution in [0.3, 0.4) is 0 Å². The second-order valence-corrected chi connectivity index (χ2v) is 6.94. The highest BCUT2D eigenvalue weighted by molar-refractivity contribution is 5.39. The van der Waals surface area contributed by atoms with E-state index in [1.165, 1.54) is 5.57 Å². The molecule has 2 aromatic rings. The second kappa shape index (κ2) is 8.32. The molecule has 0 radical (unpaired) electrons. The minimum Gasteiger partial charge on any atom is -0.492 e. The third kappa shape index (κ3) is 4.94. The van der Waals surface area contributed by atoms with Crippen molar-refractivity contribution in [2.45, 2.75) is 32.9 Å². The normalized spacial score (nSPS) is 15.6. The van der Waals surface area contributed by atoms with Crippen molar-refractivity contribution in [2.24, 2.45) is 0 Å². The van der Waals surface area contributed by atoms with Gasteiger partial charge in [-0.2, -0.15) is 0 Å². The van der Waals surface area contributed by atoms with Crippen molar-refractivity contribution in [3.8, 4) is 5.75 Å². The quantitative estimate of drug-likeness (QED) is 0.833. The summed E-state index contributed by atoms with van der Waals surface area (Å²) in [5.41, 5.74) is 4.59. The molecule has 0 aromatic heterocycles. The number of aliphatic hydroxyl groups excluding tert-OH is 1. The minimum absolute atomic E-state index is 0.498. The van der Waals surface area contributed by atoms with Gasteiger partial charge in [0.05, 0.1) is 6.10 Å². The van der Waals surface area contributed by atoms with Crippen LogP contribution in [0.1, 0.15) is 36.6 Å². The summed E-state index contributed by atoms with van der Waals surface area (Å²) in [6.07, 6.45) is 2.38. The number of ether oxygens (including phenoxy) is 1. The SMILES string of the molecule is CC(C)=CCN1CCOc2ccc(C(O)Cc3ccccc3)cc2C1. The Morgan fingerprint density at radius 2 is 2.00 bits per heavy atom. The highest BCUT2D eigenvalue weighted by Crippen LogP contribution is 2.28. The zero-order chi connectivity index (χ0) is 17.6. The van der Waals surface area contributed by atoms with E-state index in [9.17, 15) is 5.11 Å². The van der Waals surface area contributed by atoms with Crippen molar-refractivity contribution in [2.75, 3.05) is 19.7 Å². The zero-order valence-corrected chi connectivity index (χ0v) is 15.1. The number of aliphatic hydroxyl groups is 1. The first-order chi connectivity index (χ1) is 12.1. The monoisotopic (exact) mass is 337 g/mol. The molecule has 1 atom stereocenters. The van der Waals surface area contributed by atoms with Gasteiger partial charge in [0.1, 0.15) is 12.4 Å². The van der Waals surface area contributed by atoms with E-state index in [0.717, 1.165) is 42.1 Å². The van der Waals surface area contributed by atoms with Gasteiger partial charge in [0, 0.05) is 31.6 Å². The summed E-state index contributed by atoms with van der Waals surface area (Å²) in [7, 11) is 0. The van der Waals surface area contributed by atoms with Crippen LogP contribution in [0.4, 0.5) is 0 Å². The molecule has 0 fully saturated rings. The van der Waals surface area contributed by atoms with Gasteiger partial charge in [0.25, 0.3) is 0 Å². The lowest BCUT2D eigenvalue weighted by atomic mass is 9.99. The summed E-state index contributed by atoms with van der Waals surface area (Å²) in [5, 5.41) is 10.6. The van der Waals surface area contributed by atoms with Gasteiger partial charge in [-0.15, -0.1) is 0 Å². The fraction of sp³-hybridized carbons (Fsp3) is 0.364. The first kappa shape index (κ1) is 17.7. The molecule has 2 aromatic carbocycles. The van der Waals surface area contributed by atoms with Gasteiger partial charge >= 0.3 is 0 Å². The fourth-order valence-corrected chi connectivity index (χ4v) is 3.10. The molecular formula is C22H27NO2. The van der Waals surface area contributed by atoms with Crippen molar-refractivity contribution < 1.29 is 9.84 Å². The molecule has 1 heterocycles. The van der Waals surface area contributed by atoms with E-state index in [1.807, 2.05) is 30.3 Å². The molecule has 0 saturated carbocycles. The molecule has 0 aliphatic carbocycles. The van der Waals surface area contributed by atoms with Crippen LogP contribution in [0.5, 0.6) is 5.75 Å². The standard InChI is InChI=1S/C22H27NO2/c1-17(2)10-11-23-12-13-25-22-9-8-19(15-20(22)16-23)21(24)14-18-6-4-3-5-7-18/h3-10,15,21,24H,11-14,16H2,1-2H3. The van der Waals surface area contributed by atoms with Crippen molar-refractivity contribution in [3.05, 3.63) is 76.9 Å². The van der Waals surface area contributed by atoms with Crippen LogP contribution < -0.4 is 4.74 Å². The fourth-order valence-electron chi connectivity index (χ4n) is 3.10. The molecule has 3 rings (SSSR count). The highest BCUT2D eigenvalue weighted by Gasteiger charge is 2.17. The Kier molecular flexibility index (Phi) is 5.90. The molecular weight excluding hydrogens is 310 g/mol. The molecule has 1 N–H and O–H groups in total. The summed E-state index contributed by atoms with van der Waals surface area (Å²) in [6.45, 7) is 7.66. The topological polar surface area (TPSA) is 32.7 Å². The number of rotatable bonds is 5. The summed E-state index contributed by atoms with van der Waals surface area (Å²) >= 11 is 0. The van der Waals surface area contributed by atoms with Gasteiger partial charge in [0.15, 0.2) is 0 Å². The van der Waals surface area contributed by atoms with Crippen LogP contribution in [0, 0.1) is 0 Å². The summed E-state index contributed by atoms with van der Waals surface area (Å²) in [4.78, 5) is 2.38. The van der Waals surface area contributed by atoms with Crippen LogP contribution in [0.15, 0.2) is 60.2 Å². The molecule has 132 valence electrons. The third-order valence-electron chi connectivity index (χ3n) is 4.56. The Labute approximate surface area is 150 Å². The van der Waals surface area contributed by atoms with Gasteiger partial charge in [-0.05, 0) is 37.1 Å². The maximum atomic E-state index is 10.6. The lowest BCUT2D eigenvalue weighted by molar-refractivity contribution is 0.178. The van der Waals surface area contributed by atoms with Crippen molar-refractivity contribution >= 4 is 0 Å². The molecule has 1 unspecified atom stereocenters. The minimum atomic E-state index is -0.498. The Morgan fingerprint density at radius 1 is 1.20 bits per heavy atom. The number of benzene rings is 2. The van der Waals surface area contributed by atoms with Crippen molar-refractivity contribution in [3.63, 3.8) is 0 Å². The van der Waals surface area contributed by atoms with E-state index in [0.29, 0.717) is 13.0 Å². The molecule has 0 bridgehead atoms. The van der Waals surface area contributed by atoms with Crippen LogP contribution in [0.2, 0.25) is 0 Å². The van der Waals surface area contributed by atoms with E-state index in [-0.39, 0.29) is 0 Å². The number of fused-ring (bicyclic) bond motifs is 1. The molecule has 0 spiro atoms. The first-order valence-corrected chi connectivity index (χ1v) is 8.95. The molecule has 0 amide bonds. The van der Waals surface area contributed by atoms with Crippen molar-refractivity contribution in [1.29, 1.82) is 0 Å². The number of hydrogen-bond acceptors (Lipinski definition) is 3. The van der Waals surface area contributed by atoms with Crippen LogP contribution in [-0.4, -0.2) is 29.7 Å². The Hall–Kier alpha value is -2.10. The molecule has 1 aliphatic heterocycles. The van der Waals surface area contributed by atoms with E-state index >= 15 is 0 Å². The van der Waals surface area contributed by atoms with Gasteiger partial charge in [0.2, 0.25) is 0 Å². The van der Waals surface area contributed by atoms with Crippen molar-refractivity contribution in [1.82, 2.24) is 4.90 Å². The molecule has 3 nitrogen and oxygen atoms in total. The molecule has 0 saturated heterocycles. The lowest BCUT2D eigenvalue weighted by Crippen LogP contribution is -2.26. The summed E-state index contributed by atoms with van der Waals surface area (Å²) in [6, 6.07) is 16.2. The predicted molar refractivity (Wildman–Crippen MR) is 102 cm³/mol. The maximum absolute atomic E-state index is 10.6. The number of hydrogen-bond donors (Lipinski definition) is 1. The van der Waals surface area contributed by atoms with Crippen LogP contribution >= 0.6 is 0 Å². The zero-order valence-electron chi connectivity index (χ0n) is 15.1. The van der Waals surface area contributed by atoms with Crippen LogP contribution in [0.25, 0.3) is 0 Å². The largest absolute Gasteiger partial charge is 0.492 e. The van der Waals surface area contributed by atoms with E-state index in [1.54, 1.807) is 0 Å². The Bertz CT molecular complexity index is 720. The van der Waals surface area contributed by atoms with Gasteiger partial charge in [-0.3, -0.25) is 4.90 Å². The highest BCUT2D eigenvalue weighted by atomic mass is 16.5. The third-order valence-corrected chi connectivity index (χ3v) is 4.56. The lowest BCUT2D eigenvalue weighted by Gasteiger charge is -2.18. The summed E-state index contributed by atoms with van der Waals surface area (Å²) < 4.78 is 5.89. The second-order valence-electron chi connectivity index (χ2n) is 6.94. The molecule has 3 heteroatoms. The molecule has 25 heavy (non-hydrogen) atoms. The first-order valence-electron chi connectivity index (χ1n) is 8.95. The van der Waals surface area contributed by atoms with Gasteiger partial charge < -0.3 is 9.84 Å². The smallest absolute Gasteiger partial charge is 0.123 e. The summed E-state index contributed by atoms with van der Waals surface area (Å²) in [5.74, 6) is 0.940. The van der Waals surface area contributed by atoms with Gasteiger partial charge in [-0.1, -0.05) is 48.0 Å². The average Bonchev–Trinajstić information content (AvgIpc) is 2.82. The number of nitrogens with zero attached hydrogens (tertiary/aromatic N) is 1. The molecule has 1 aliphatic rings. The Morgan fingerprint density at radius 3 is 2.76 bits per heavy atom. The Balaban J connectivity index is 1.74. The van der Waals surface area contributed by atoms with Gasteiger partial charge in [-0.25, -0.2) is 0 Å². The van der Waals surface area contributed by atoms with E-state index in [4.69, 9.17) is 4.74 Å². The predicted octanol–water partition coefficient (Wildman–Crippen LogP) is 4.12. The maximum Gasteiger partial charge on any atom is 0.123 e. The van der Waals surface area contributed by atoms with E-state index < -0.39 is 6.10 Å². The van der Waals surface area contributed by atoms with E-state index in [2.05, 4.69) is 43.0 Å². The average molecular weight is 337 g/mol. The number of allylic oxidation sites excluding steroid dienone is 1. The van der Waals surface area contributed by atoms with Crippen LogP contribution in [-0.2, 0) is 13.0 Å².